The molecule has 0 radical (unpaired) electrons. The molecule has 2 nitrogen and oxygen atoms in total. The lowest BCUT2D eigenvalue weighted by Crippen LogP contribution is -2.46. The molecule has 1 aliphatic rings. The van der Waals surface area contributed by atoms with Crippen LogP contribution in [0.15, 0.2) is 24.3 Å². The molecule has 0 saturated carbocycles. The number of rotatable bonds is 5. The maximum atomic E-state index is 5.99. The molecule has 2 atom stereocenters. The van der Waals surface area contributed by atoms with Crippen molar-refractivity contribution in [2.75, 3.05) is 19.6 Å². The van der Waals surface area contributed by atoms with Crippen molar-refractivity contribution in [1.29, 1.82) is 0 Å². The third kappa shape index (κ3) is 5.10. The summed E-state index contributed by atoms with van der Waals surface area (Å²) in [5.41, 5.74) is 0. The van der Waals surface area contributed by atoms with Crippen LogP contribution >= 0.6 is 11.6 Å². The summed E-state index contributed by atoms with van der Waals surface area (Å²) in [5.74, 6) is 0. The standard InChI is InChI=1S/C17H28ClNOSi/c1-14-12-19(13-15(2)20-14)10-5-11-21(3,4)17-8-6-16(18)7-9-17/h6-9,14-15H,5,10-13H2,1-4H3. The van der Waals surface area contributed by atoms with Crippen molar-refractivity contribution in [2.24, 2.45) is 0 Å². The van der Waals surface area contributed by atoms with E-state index in [1.807, 2.05) is 12.1 Å². The highest BCUT2D eigenvalue weighted by Gasteiger charge is 2.25. The van der Waals surface area contributed by atoms with Crippen LogP contribution in [0.2, 0.25) is 24.2 Å². The van der Waals surface area contributed by atoms with Gasteiger partial charge in [-0.2, -0.15) is 0 Å². The summed E-state index contributed by atoms with van der Waals surface area (Å²) in [6.45, 7) is 12.6. The van der Waals surface area contributed by atoms with Crippen molar-refractivity contribution in [3.05, 3.63) is 29.3 Å². The fourth-order valence-corrected chi connectivity index (χ4v) is 5.78. The Hall–Kier alpha value is -0.353. The normalized spacial score (nSPS) is 24.2. The highest BCUT2D eigenvalue weighted by Crippen LogP contribution is 2.17. The number of nitrogens with zero attached hydrogens (tertiary/aromatic N) is 1. The molecular weight excluding hydrogens is 298 g/mol. The lowest BCUT2D eigenvalue weighted by atomic mass is 10.2. The number of hydrogen-bond acceptors (Lipinski definition) is 2. The molecule has 0 N–H and O–H groups in total. The van der Waals surface area contributed by atoms with Crippen molar-refractivity contribution < 1.29 is 4.74 Å². The van der Waals surface area contributed by atoms with E-state index in [0.717, 1.165) is 18.1 Å². The molecule has 118 valence electrons. The lowest BCUT2D eigenvalue weighted by Gasteiger charge is -2.35. The van der Waals surface area contributed by atoms with E-state index in [0.29, 0.717) is 12.2 Å². The smallest absolute Gasteiger partial charge is 0.0806 e. The molecule has 1 aromatic rings. The number of hydrogen-bond donors (Lipinski definition) is 0. The van der Waals surface area contributed by atoms with Gasteiger partial charge >= 0.3 is 0 Å². The minimum absolute atomic E-state index is 0.371. The fraction of sp³-hybridized carbons (Fsp3) is 0.647. The predicted octanol–water partition coefficient (Wildman–Crippen LogP) is 3.75. The first-order valence-electron chi connectivity index (χ1n) is 8.01. The van der Waals surface area contributed by atoms with Gasteiger partial charge in [0.2, 0.25) is 0 Å². The summed E-state index contributed by atoms with van der Waals surface area (Å²) < 4.78 is 5.80. The van der Waals surface area contributed by atoms with Crippen LogP contribution in [-0.4, -0.2) is 44.8 Å². The Kier molecular flexibility index (Phi) is 5.89. The van der Waals surface area contributed by atoms with Gasteiger partial charge < -0.3 is 4.74 Å². The first kappa shape index (κ1) is 17.0. The summed E-state index contributed by atoms with van der Waals surface area (Å²) in [7, 11) is -1.34. The quantitative estimate of drug-likeness (QED) is 0.764. The molecule has 1 aliphatic heterocycles. The number of morpholine rings is 1. The molecule has 4 heteroatoms. The molecule has 21 heavy (non-hydrogen) atoms. The summed E-state index contributed by atoms with van der Waals surface area (Å²) in [6.07, 6.45) is 2.02. The Bertz CT molecular complexity index is 439. The lowest BCUT2D eigenvalue weighted by molar-refractivity contribution is -0.0677. The van der Waals surface area contributed by atoms with E-state index in [1.54, 1.807) is 0 Å². The molecule has 0 bridgehead atoms. The number of ether oxygens (including phenoxy) is 1. The van der Waals surface area contributed by atoms with E-state index in [4.69, 9.17) is 16.3 Å². The van der Waals surface area contributed by atoms with Gasteiger partial charge in [-0.05, 0) is 38.9 Å². The number of benzene rings is 1. The Morgan fingerprint density at radius 2 is 1.71 bits per heavy atom. The second kappa shape index (κ2) is 7.27. The molecule has 1 aromatic carbocycles. The van der Waals surface area contributed by atoms with Gasteiger partial charge in [0.25, 0.3) is 0 Å². The monoisotopic (exact) mass is 325 g/mol. The average Bonchev–Trinajstić information content (AvgIpc) is 2.37. The van der Waals surface area contributed by atoms with Gasteiger partial charge in [0.05, 0.1) is 20.3 Å². The summed E-state index contributed by atoms with van der Waals surface area (Å²) >= 11 is 5.99. The molecule has 1 heterocycles. The van der Waals surface area contributed by atoms with Crippen LogP contribution in [0.1, 0.15) is 20.3 Å². The first-order valence-corrected chi connectivity index (χ1v) is 11.6. The molecule has 1 fully saturated rings. The summed E-state index contributed by atoms with van der Waals surface area (Å²) in [5, 5.41) is 2.34. The molecular formula is C17H28ClNOSi. The van der Waals surface area contributed by atoms with Crippen LogP contribution in [-0.2, 0) is 4.74 Å². The zero-order chi connectivity index (χ0) is 15.5. The second-order valence-corrected chi connectivity index (χ2v) is 12.3. The predicted molar refractivity (Wildman–Crippen MR) is 94.4 cm³/mol. The van der Waals surface area contributed by atoms with Gasteiger partial charge in [0.15, 0.2) is 0 Å². The molecule has 1 saturated heterocycles. The molecule has 2 unspecified atom stereocenters. The van der Waals surface area contributed by atoms with Gasteiger partial charge in [-0.15, -0.1) is 0 Å². The summed E-state index contributed by atoms with van der Waals surface area (Å²) in [6, 6.07) is 9.81. The highest BCUT2D eigenvalue weighted by molar-refractivity contribution is 6.89. The van der Waals surface area contributed by atoms with E-state index in [-0.39, 0.29) is 0 Å². The largest absolute Gasteiger partial charge is 0.373 e. The zero-order valence-electron chi connectivity index (χ0n) is 13.7. The van der Waals surface area contributed by atoms with Crippen molar-refractivity contribution in [3.8, 4) is 0 Å². The van der Waals surface area contributed by atoms with Crippen LogP contribution in [0.5, 0.6) is 0 Å². The molecule has 2 rings (SSSR count). The second-order valence-electron chi connectivity index (χ2n) is 7.01. The van der Waals surface area contributed by atoms with Gasteiger partial charge in [-0.25, -0.2) is 0 Å². The van der Waals surface area contributed by atoms with Crippen LogP contribution in [0.25, 0.3) is 0 Å². The highest BCUT2D eigenvalue weighted by atomic mass is 35.5. The maximum Gasteiger partial charge on any atom is 0.0806 e. The Balaban J connectivity index is 1.83. The Labute approximate surface area is 135 Å². The van der Waals surface area contributed by atoms with Crippen molar-refractivity contribution >= 4 is 24.9 Å². The SMILES string of the molecule is CC1CN(CCC[Si](C)(C)c2ccc(Cl)cc2)CC(C)O1. The molecule has 0 amide bonds. The van der Waals surface area contributed by atoms with Gasteiger partial charge in [-0.1, -0.05) is 48.1 Å². The zero-order valence-corrected chi connectivity index (χ0v) is 15.5. The van der Waals surface area contributed by atoms with Crippen molar-refractivity contribution in [2.45, 2.75) is 51.6 Å². The van der Waals surface area contributed by atoms with Crippen LogP contribution in [0.3, 0.4) is 0 Å². The van der Waals surface area contributed by atoms with Gasteiger partial charge in [0, 0.05) is 18.1 Å². The summed E-state index contributed by atoms with van der Waals surface area (Å²) in [4.78, 5) is 2.56. The van der Waals surface area contributed by atoms with E-state index >= 15 is 0 Å². The van der Waals surface area contributed by atoms with E-state index in [1.165, 1.54) is 24.2 Å². The Morgan fingerprint density at radius 1 is 1.14 bits per heavy atom. The van der Waals surface area contributed by atoms with Crippen LogP contribution in [0, 0.1) is 0 Å². The number of halogens is 1. The third-order valence-corrected chi connectivity index (χ3v) is 8.15. The first-order chi connectivity index (χ1) is 9.87. The maximum absolute atomic E-state index is 5.99. The van der Waals surface area contributed by atoms with Crippen molar-refractivity contribution in [1.82, 2.24) is 4.90 Å². The fourth-order valence-electron chi connectivity index (χ4n) is 3.26. The molecule has 0 aromatic heterocycles. The topological polar surface area (TPSA) is 12.5 Å². The van der Waals surface area contributed by atoms with E-state index in [2.05, 4.69) is 44.0 Å². The minimum Gasteiger partial charge on any atom is -0.373 e. The van der Waals surface area contributed by atoms with E-state index in [9.17, 15) is 0 Å². The minimum atomic E-state index is -1.34. The molecule has 0 spiro atoms. The van der Waals surface area contributed by atoms with Gasteiger partial charge in [0.1, 0.15) is 0 Å². The van der Waals surface area contributed by atoms with Crippen LogP contribution < -0.4 is 5.19 Å². The molecule has 0 aliphatic carbocycles. The van der Waals surface area contributed by atoms with Gasteiger partial charge in [-0.3, -0.25) is 4.90 Å². The average molecular weight is 326 g/mol. The van der Waals surface area contributed by atoms with Crippen molar-refractivity contribution in [3.63, 3.8) is 0 Å². The Morgan fingerprint density at radius 3 is 2.29 bits per heavy atom. The van der Waals surface area contributed by atoms with Crippen LogP contribution in [0.4, 0.5) is 0 Å². The van der Waals surface area contributed by atoms with E-state index < -0.39 is 8.07 Å². The third-order valence-electron chi connectivity index (χ3n) is 4.40.